The molecule has 0 aromatic rings. The van der Waals surface area contributed by atoms with E-state index in [1.165, 1.54) is 12.8 Å². The number of carboxylic acid groups (broad SMARTS) is 1. The first-order chi connectivity index (χ1) is 8.85. The van der Waals surface area contributed by atoms with Gasteiger partial charge in [0, 0.05) is 6.04 Å². The maximum Gasteiger partial charge on any atom is 0.401 e. The largest absolute Gasteiger partial charge is 0.480 e. The minimum Gasteiger partial charge on any atom is -0.480 e. The second-order valence-electron chi connectivity index (χ2n) is 5.83. The molecule has 6 heteroatoms. The molecule has 0 spiro atoms. The van der Waals surface area contributed by atoms with Gasteiger partial charge in [0.15, 0.2) is 0 Å². The van der Waals surface area contributed by atoms with Crippen LogP contribution < -0.4 is 0 Å². The summed E-state index contributed by atoms with van der Waals surface area (Å²) in [5, 5.41) is 8.79. The van der Waals surface area contributed by atoms with Crippen LogP contribution in [0.2, 0.25) is 0 Å². The zero-order valence-corrected chi connectivity index (χ0v) is 10.8. The normalized spacial score (nSPS) is 28.6. The Morgan fingerprint density at radius 1 is 1.16 bits per heavy atom. The summed E-state index contributed by atoms with van der Waals surface area (Å²) in [5.74, 6) is 0.00133. The second kappa shape index (κ2) is 5.69. The molecular weight excluding hydrogens is 259 g/mol. The molecule has 2 fully saturated rings. The van der Waals surface area contributed by atoms with Gasteiger partial charge in [-0.2, -0.15) is 13.2 Å². The number of alkyl halides is 3. The van der Waals surface area contributed by atoms with E-state index in [0.29, 0.717) is 18.3 Å². The number of rotatable bonds is 5. The van der Waals surface area contributed by atoms with Crippen LogP contribution >= 0.6 is 0 Å². The van der Waals surface area contributed by atoms with E-state index in [4.69, 9.17) is 5.11 Å². The van der Waals surface area contributed by atoms with Gasteiger partial charge in [-0.25, -0.2) is 0 Å². The highest BCUT2D eigenvalue weighted by molar-refractivity contribution is 5.69. The molecule has 0 aromatic heterocycles. The molecule has 2 unspecified atom stereocenters. The van der Waals surface area contributed by atoms with Crippen LogP contribution in [0.4, 0.5) is 13.2 Å². The van der Waals surface area contributed by atoms with Crippen LogP contribution in [0.3, 0.4) is 0 Å². The quantitative estimate of drug-likeness (QED) is 0.841. The summed E-state index contributed by atoms with van der Waals surface area (Å²) in [6.45, 7) is -1.62. The van der Waals surface area contributed by atoms with Crippen molar-refractivity contribution in [3.8, 4) is 0 Å². The number of aliphatic carboxylic acids is 1. The molecule has 1 N–H and O–H groups in total. The number of hydrogen-bond donors (Lipinski definition) is 1. The molecule has 0 saturated heterocycles. The van der Waals surface area contributed by atoms with Gasteiger partial charge >= 0.3 is 12.1 Å². The van der Waals surface area contributed by atoms with E-state index in [1.807, 2.05) is 0 Å². The summed E-state index contributed by atoms with van der Waals surface area (Å²) < 4.78 is 37.6. The minimum absolute atomic E-state index is 0.225. The Kier molecular flexibility index (Phi) is 4.38. The third kappa shape index (κ3) is 4.67. The molecule has 0 bridgehead atoms. The van der Waals surface area contributed by atoms with E-state index in [9.17, 15) is 18.0 Å². The van der Waals surface area contributed by atoms with Crippen LogP contribution in [-0.4, -0.2) is 41.3 Å². The van der Waals surface area contributed by atoms with Gasteiger partial charge in [-0.15, -0.1) is 0 Å². The first-order valence-corrected chi connectivity index (χ1v) is 6.88. The highest BCUT2D eigenvalue weighted by atomic mass is 19.4. The van der Waals surface area contributed by atoms with Gasteiger partial charge in [0.05, 0.1) is 13.1 Å². The Hall–Kier alpha value is -0.780. The van der Waals surface area contributed by atoms with Gasteiger partial charge in [0.25, 0.3) is 0 Å². The third-order valence-electron chi connectivity index (χ3n) is 4.21. The van der Waals surface area contributed by atoms with Crippen molar-refractivity contribution in [2.45, 2.75) is 50.7 Å². The Morgan fingerprint density at radius 2 is 1.84 bits per heavy atom. The van der Waals surface area contributed by atoms with Gasteiger partial charge in [0.1, 0.15) is 0 Å². The van der Waals surface area contributed by atoms with Gasteiger partial charge in [0.2, 0.25) is 0 Å². The SMILES string of the molecule is O=C(O)CN(CC(F)(F)F)C1CCCC(C2CC2)C1. The fourth-order valence-corrected chi connectivity index (χ4v) is 3.25. The second-order valence-corrected chi connectivity index (χ2v) is 5.83. The van der Waals surface area contributed by atoms with Crippen molar-refractivity contribution in [2.75, 3.05) is 13.1 Å². The van der Waals surface area contributed by atoms with Crippen molar-refractivity contribution < 1.29 is 23.1 Å². The van der Waals surface area contributed by atoms with E-state index < -0.39 is 25.2 Å². The van der Waals surface area contributed by atoms with Crippen LogP contribution in [0.15, 0.2) is 0 Å². The monoisotopic (exact) mass is 279 g/mol. The molecule has 19 heavy (non-hydrogen) atoms. The fraction of sp³-hybridized carbons (Fsp3) is 0.923. The molecule has 2 aliphatic rings. The molecule has 0 aliphatic heterocycles. The maximum absolute atomic E-state index is 12.5. The van der Waals surface area contributed by atoms with E-state index in [-0.39, 0.29) is 6.04 Å². The molecule has 2 saturated carbocycles. The lowest BCUT2D eigenvalue weighted by Crippen LogP contribution is -2.46. The molecule has 0 aromatic carbocycles. The summed E-state index contributed by atoms with van der Waals surface area (Å²) in [6.07, 6.45) is 1.47. The third-order valence-corrected chi connectivity index (χ3v) is 4.21. The van der Waals surface area contributed by atoms with Crippen molar-refractivity contribution in [3.63, 3.8) is 0 Å². The van der Waals surface area contributed by atoms with E-state index in [2.05, 4.69) is 0 Å². The Balaban J connectivity index is 1.97. The summed E-state index contributed by atoms with van der Waals surface area (Å²) >= 11 is 0. The molecule has 3 nitrogen and oxygen atoms in total. The van der Waals surface area contributed by atoms with Crippen molar-refractivity contribution in [1.29, 1.82) is 0 Å². The Morgan fingerprint density at radius 3 is 2.37 bits per heavy atom. The lowest BCUT2D eigenvalue weighted by atomic mass is 9.82. The number of hydrogen-bond acceptors (Lipinski definition) is 2. The average Bonchev–Trinajstić information content (AvgIpc) is 3.09. The molecule has 0 radical (unpaired) electrons. The summed E-state index contributed by atoms with van der Waals surface area (Å²) in [7, 11) is 0. The number of nitrogens with zero attached hydrogens (tertiary/aromatic N) is 1. The topological polar surface area (TPSA) is 40.5 Å². The average molecular weight is 279 g/mol. The zero-order valence-electron chi connectivity index (χ0n) is 10.8. The molecule has 0 heterocycles. The van der Waals surface area contributed by atoms with Gasteiger partial charge in [-0.1, -0.05) is 12.8 Å². The number of carbonyl (C=O) groups is 1. The summed E-state index contributed by atoms with van der Waals surface area (Å²) in [5.41, 5.74) is 0. The molecule has 2 aliphatic carbocycles. The van der Waals surface area contributed by atoms with Crippen LogP contribution in [0.25, 0.3) is 0 Å². The van der Waals surface area contributed by atoms with Crippen LogP contribution in [0.5, 0.6) is 0 Å². The van der Waals surface area contributed by atoms with Crippen molar-refractivity contribution >= 4 is 5.97 Å². The highest BCUT2D eigenvalue weighted by Gasteiger charge is 2.40. The van der Waals surface area contributed by atoms with E-state index >= 15 is 0 Å². The number of carboxylic acids is 1. The minimum atomic E-state index is -4.33. The summed E-state index contributed by atoms with van der Waals surface area (Å²) in [4.78, 5) is 11.9. The van der Waals surface area contributed by atoms with Gasteiger partial charge < -0.3 is 5.11 Å². The highest BCUT2D eigenvalue weighted by Crippen LogP contribution is 2.44. The first kappa shape index (κ1) is 14.6. The Bertz CT molecular complexity index is 328. The standard InChI is InChI=1S/C13H20F3NO2/c14-13(15,16)8-17(7-12(18)19)11-3-1-2-10(6-11)9-4-5-9/h9-11H,1-8H2,(H,18,19). The first-order valence-electron chi connectivity index (χ1n) is 6.88. The van der Waals surface area contributed by atoms with E-state index in [0.717, 1.165) is 24.2 Å². The fourth-order valence-electron chi connectivity index (χ4n) is 3.25. The molecule has 0 amide bonds. The van der Waals surface area contributed by atoms with E-state index in [1.54, 1.807) is 0 Å². The van der Waals surface area contributed by atoms with Crippen molar-refractivity contribution in [1.82, 2.24) is 4.90 Å². The lowest BCUT2D eigenvalue weighted by molar-refractivity contribution is -0.160. The maximum atomic E-state index is 12.5. The smallest absolute Gasteiger partial charge is 0.401 e. The Labute approximate surface area is 110 Å². The number of halogens is 3. The molecule has 2 atom stereocenters. The predicted octanol–water partition coefficient (Wildman–Crippen LogP) is 2.90. The molecule has 110 valence electrons. The molecule has 2 rings (SSSR count). The van der Waals surface area contributed by atoms with Crippen molar-refractivity contribution in [2.24, 2.45) is 11.8 Å². The predicted molar refractivity (Wildman–Crippen MR) is 63.7 cm³/mol. The lowest BCUT2D eigenvalue weighted by Gasteiger charge is -2.37. The van der Waals surface area contributed by atoms with Crippen LogP contribution in [0.1, 0.15) is 38.5 Å². The summed E-state index contributed by atoms with van der Waals surface area (Å²) in [6, 6.07) is -0.225. The van der Waals surface area contributed by atoms with Crippen molar-refractivity contribution in [3.05, 3.63) is 0 Å². The van der Waals surface area contributed by atoms with Gasteiger partial charge in [-0.3, -0.25) is 9.69 Å². The molecular formula is C13H20F3NO2. The van der Waals surface area contributed by atoms with Crippen LogP contribution in [-0.2, 0) is 4.79 Å². The van der Waals surface area contributed by atoms with Crippen LogP contribution in [0, 0.1) is 11.8 Å². The van der Waals surface area contributed by atoms with Gasteiger partial charge in [-0.05, 0) is 37.5 Å². The zero-order chi connectivity index (χ0) is 14.0.